The van der Waals surface area contributed by atoms with Crippen molar-refractivity contribution in [3.63, 3.8) is 0 Å². The predicted molar refractivity (Wildman–Crippen MR) is 71.2 cm³/mol. The lowest BCUT2D eigenvalue weighted by Crippen LogP contribution is -2.42. The van der Waals surface area contributed by atoms with Gasteiger partial charge in [0.05, 0.1) is 11.7 Å². The van der Waals surface area contributed by atoms with E-state index in [0.29, 0.717) is 31.6 Å². The third kappa shape index (κ3) is 3.21. The summed E-state index contributed by atoms with van der Waals surface area (Å²) in [5.74, 6) is 0. The van der Waals surface area contributed by atoms with Crippen LogP contribution in [0.3, 0.4) is 0 Å². The summed E-state index contributed by atoms with van der Waals surface area (Å²) in [6.07, 6.45) is 7.60. The van der Waals surface area contributed by atoms with Crippen LogP contribution in [-0.2, 0) is 11.2 Å². The van der Waals surface area contributed by atoms with Gasteiger partial charge in [-0.15, -0.1) is 0 Å². The molecule has 2 atom stereocenters. The maximum absolute atomic E-state index is 10.7. The molecule has 3 N–H and O–H groups in total. The first-order valence-corrected chi connectivity index (χ1v) is 6.65. The van der Waals surface area contributed by atoms with Crippen molar-refractivity contribution in [2.45, 2.75) is 50.7 Å². The van der Waals surface area contributed by atoms with Crippen molar-refractivity contribution in [2.75, 3.05) is 12.3 Å². The highest BCUT2D eigenvalue weighted by Gasteiger charge is 2.35. The summed E-state index contributed by atoms with van der Waals surface area (Å²) < 4.78 is 5.67. The number of ether oxygens (including phenoxy) is 1. The van der Waals surface area contributed by atoms with E-state index in [1.165, 1.54) is 0 Å². The molecule has 1 fully saturated rings. The normalized spacial score (nSPS) is 28.2. The molecule has 0 aliphatic carbocycles. The summed E-state index contributed by atoms with van der Waals surface area (Å²) in [5.41, 5.74) is 6.84. The lowest BCUT2D eigenvalue weighted by atomic mass is 9.83. The zero-order valence-electron chi connectivity index (χ0n) is 10.9. The SMILES string of the molecule is CCCC1CC(O)(Cc2cnccc2N)CCO1. The van der Waals surface area contributed by atoms with Gasteiger partial charge >= 0.3 is 0 Å². The van der Waals surface area contributed by atoms with E-state index in [-0.39, 0.29) is 6.10 Å². The highest BCUT2D eigenvalue weighted by molar-refractivity contribution is 5.45. The third-order valence-corrected chi connectivity index (χ3v) is 3.60. The number of nitrogen functional groups attached to an aromatic ring is 1. The molecule has 0 bridgehead atoms. The monoisotopic (exact) mass is 250 g/mol. The quantitative estimate of drug-likeness (QED) is 0.856. The smallest absolute Gasteiger partial charge is 0.0735 e. The van der Waals surface area contributed by atoms with Crippen molar-refractivity contribution in [1.29, 1.82) is 0 Å². The van der Waals surface area contributed by atoms with Crippen LogP contribution >= 0.6 is 0 Å². The van der Waals surface area contributed by atoms with Crippen LogP contribution in [-0.4, -0.2) is 28.4 Å². The molecule has 1 aliphatic rings. The Hall–Kier alpha value is -1.13. The summed E-state index contributed by atoms with van der Waals surface area (Å²) in [6, 6.07) is 1.78. The van der Waals surface area contributed by atoms with Crippen molar-refractivity contribution in [1.82, 2.24) is 4.98 Å². The number of hydrogen-bond donors (Lipinski definition) is 2. The predicted octanol–water partition coefficient (Wildman–Crippen LogP) is 1.92. The highest BCUT2D eigenvalue weighted by atomic mass is 16.5. The maximum atomic E-state index is 10.7. The fraction of sp³-hybridized carbons (Fsp3) is 0.643. The average Bonchev–Trinajstić information content (AvgIpc) is 2.32. The van der Waals surface area contributed by atoms with Gasteiger partial charge in [-0.25, -0.2) is 0 Å². The van der Waals surface area contributed by atoms with Crippen molar-refractivity contribution < 1.29 is 9.84 Å². The molecule has 2 rings (SSSR count). The van der Waals surface area contributed by atoms with Crippen LogP contribution in [0.5, 0.6) is 0 Å². The van der Waals surface area contributed by atoms with E-state index in [9.17, 15) is 5.11 Å². The van der Waals surface area contributed by atoms with E-state index < -0.39 is 5.60 Å². The number of anilines is 1. The number of pyridine rings is 1. The van der Waals surface area contributed by atoms with E-state index in [2.05, 4.69) is 11.9 Å². The Morgan fingerprint density at radius 3 is 3.17 bits per heavy atom. The van der Waals surface area contributed by atoms with Crippen LogP contribution in [0.25, 0.3) is 0 Å². The van der Waals surface area contributed by atoms with Gasteiger partial charge in [0.25, 0.3) is 0 Å². The molecule has 2 unspecified atom stereocenters. The van der Waals surface area contributed by atoms with Gasteiger partial charge in [0.2, 0.25) is 0 Å². The Labute approximate surface area is 108 Å². The number of nitrogens with two attached hydrogens (primary N) is 1. The van der Waals surface area contributed by atoms with Gasteiger partial charge < -0.3 is 15.6 Å². The fourth-order valence-electron chi connectivity index (χ4n) is 2.61. The van der Waals surface area contributed by atoms with Crippen LogP contribution in [0, 0.1) is 0 Å². The largest absolute Gasteiger partial charge is 0.398 e. The Kier molecular flexibility index (Phi) is 4.19. The van der Waals surface area contributed by atoms with Crippen molar-refractivity contribution in [3.05, 3.63) is 24.0 Å². The molecule has 0 aromatic carbocycles. The minimum Gasteiger partial charge on any atom is -0.398 e. The minimum absolute atomic E-state index is 0.173. The van der Waals surface area contributed by atoms with Crippen LogP contribution in [0.15, 0.2) is 18.5 Å². The Bertz CT molecular complexity index is 395. The first-order chi connectivity index (χ1) is 8.63. The molecule has 100 valence electrons. The average molecular weight is 250 g/mol. The van der Waals surface area contributed by atoms with Gasteiger partial charge in [-0.2, -0.15) is 0 Å². The molecule has 0 radical (unpaired) electrons. The van der Waals surface area contributed by atoms with Gasteiger partial charge in [-0.3, -0.25) is 4.98 Å². The summed E-state index contributed by atoms with van der Waals surface area (Å²) in [5, 5.41) is 10.7. The second-order valence-electron chi connectivity index (χ2n) is 5.21. The number of hydrogen-bond acceptors (Lipinski definition) is 4. The second kappa shape index (κ2) is 5.67. The Morgan fingerprint density at radius 1 is 1.61 bits per heavy atom. The van der Waals surface area contributed by atoms with Gasteiger partial charge in [0.1, 0.15) is 0 Å². The lowest BCUT2D eigenvalue weighted by molar-refractivity contribution is -0.104. The Morgan fingerprint density at radius 2 is 2.44 bits per heavy atom. The summed E-state index contributed by atoms with van der Waals surface area (Å²) in [4.78, 5) is 4.08. The van der Waals surface area contributed by atoms with Gasteiger partial charge in [-0.05, 0) is 24.5 Å². The standard InChI is InChI=1S/C14H22N2O2/c1-2-3-12-9-14(17,5-7-18-12)8-11-10-16-6-4-13(11)15/h4,6,10,12,17H,2-3,5,7-9H2,1H3,(H2,15,16). The second-order valence-corrected chi connectivity index (χ2v) is 5.21. The molecule has 18 heavy (non-hydrogen) atoms. The highest BCUT2D eigenvalue weighted by Crippen LogP contribution is 2.31. The third-order valence-electron chi connectivity index (χ3n) is 3.60. The lowest BCUT2D eigenvalue weighted by Gasteiger charge is -2.37. The molecule has 0 saturated carbocycles. The van der Waals surface area contributed by atoms with E-state index in [1.807, 2.05) is 0 Å². The van der Waals surface area contributed by atoms with Gasteiger partial charge in [0, 0.05) is 37.5 Å². The van der Waals surface area contributed by atoms with E-state index in [1.54, 1.807) is 18.5 Å². The van der Waals surface area contributed by atoms with Crippen molar-refractivity contribution in [3.8, 4) is 0 Å². The van der Waals surface area contributed by atoms with Crippen LogP contribution < -0.4 is 5.73 Å². The van der Waals surface area contributed by atoms with Gasteiger partial charge in [0.15, 0.2) is 0 Å². The van der Waals surface area contributed by atoms with E-state index in [4.69, 9.17) is 10.5 Å². The molecular weight excluding hydrogens is 228 g/mol. The summed E-state index contributed by atoms with van der Waals surface area (Å²) in [6.45, 7) is 2.76. The molecule has 4 nitrogen and oxygen atoms in total. The molecule has 0 spiro atoms. The van der Waals surface area contributed by atoms with Crippen LogP contribution in [0.2, 0.25) is 0 Å². The number of rotatable bonds is 4. The molecule has 1 aliphatic heterocycles. The van der Waals surface area contributed by atoms with Gasteiger partial charge in [-0.1, -0.05) is 13.3 Å². The number of nitrogens with zero attached hydrogens (tertiary/aromatic N) is 1. The molecule has 1 aromatic heterocycles. The topological polar surface area (TPSA) is 68.4 Å². The zero-order chi connectivity index (χ0) is 13.0. The molecule has 4 heteroatoms. The van der Waals surface area contributed by atoms with E-state index in [0.717, 1.165) is 18.4 Å². The fourth-order valence-corrected chi connectivity index (χ4v) is 2.61. The molecule has 1 aromatic rings. The van der Waals surface area contributed by atoms with Crippen LogP contribution in [0.4, 0.5) is 5.69 Å². The molecule has 0 amide bonds. The molecule has 2 heterocycles. The number of aromatic nitrogens is 1. The Balaban J connectivity index is 2.05. The summed E-state index contributed by atoms with van der Waals surface area (Å²) >= 11 is 0. The van der Waals surface area contributed by atoms with Crippen molar-refractivity contribution >= 4 is 5.69 Å². The van der Waals surface area contributed by atoms with Crippen LogP contribution in [0.1, 0.15) is 38.2 Å². The molecule has 1 saturated heterocycles. The first-order valence-electron chi connectivity index (χ1n) is 6.65. The minimum atomic E-state index is -0.699. The van der Waals surface area contributed by atoms with Crippen molar-refractivity contribution in [2.24, 2.45) is 0 Å². The first kappa shape index (κ1) is 13.3. The zero-order valence-corrected chi connectivity index (χ0v) is 10.9. The van der Waals surface area contributed by atoms with E-state index >= 15 is 0 Å². The maximum Gasteiger partial charge on any atom is 0.0735 e. The number of aliphatic hydroxyl groups is 1. The summed E-state index contributed by atoms with van der Waals surface area (Å²) in [7, 11) is 0. The molecular formula is C14H22N2O2.